The molecule has 0 aromatic rings. The normalized spacial score (nSPS) is 33.6. The molecule has 0 spiro atoms. The summed E-state index contributed by atoms with van der Waals surface area (Å²) in [4.78, 5) is 25.9. The van der Waals surface area contributed by atoms with Crippen molar-refractivity contribution in [3.05, 3.63) is 0 Å². The Bertz CT molecular complexity index is 781. The van der Waals surface area contributed by atoms with Crippen molar-refractivity contribution < 1.29 is 23.1 Å². The van der Waals surface area contributed by atoms with Crippen LogP contribution >= 0.6 is 0 Å². The fourth-order valence-corrected chi connectivity index (χ4v) is 8.25. The van der Waals surface area contributed by atoms with Crippen LogP contribution in [0.2, 0.25) is 18.1 Å². The van der Waals surface area contributed by atoms with Gasteiger partial charge in [-0.2, -0.15) is 0 Å². The number of rotatable bonds is 8. The Morgan fingerprint density at radius 1 is 1.20 bits per heavy atom. The predicted octanol–water partition coefficient (Wildman–Crippen LogP) is 7.35. The lowest BCUT2D eigenvalue weighted by Gasteiger charge is -2.50. The van der Waals surface area contributed by atoms with E-state index in [9.17, 15) is 9.59 Å². The monoisotopic (exact) mass is 511 g/mol. The number of imide groups is 1. The highest BCUT2D eigenvalue weighted by molar-refractivity contribution is 6.74. The maximum absolute atomic E-state index is 15.1. The van der Waals surface area contributed by atoms with E-state index in [-0.39, 0.29) is 35.4 Å². The molecule has 0 unspecified atom stereocenters. The van der Waals surface area contributed by atoms with Crippen LogP contribution in [0.4, 0.5) is 9.18 Å². The van der Waals surface area contributed by atoms with Crippen molar-refractivity contribution in [3.8, 4) is 0 Å². The van der Waals surface area contributed by atoms with E-state index in [1.165, 1.54) is 19.3 Å². The summed E-state index contributed by atoms with van der Waals surface area (Å²) in [5.41, 5.74) is 0.210. The number of fused-ring (bicyclic) bond motifs is 1. The molecule has 0 aromatic carbocycles. The maximum atomic E-state index is 15.1. The van der Waals surface area contributed by atoms with E-state index in [4.69, 9.17) is 9.16 Å². The van der Waals surface area contributed by atoms with Gasteiger partial charge in [0.15, 0.2) is 14.5 Å². The summed E-state index contributed by atoms with van der Waals surface area (Å²) in [6.45, 7) is 20.3. The van der Waals surface area contributed by atoms with Gasteiger partial charge in [-0.15, -0.1) is 0 Å². The van der Waals surface area contributed by atoms with Crippen LogP contribution in [0.25, 0.3) is 0 Å². The molecule has 3 aliphatic rings. The zero-order valence-electron chi connectivity index (χ0n) is 23.7. The average molecular weight is 512 g/mol. The molecule has 2 saturated carbocycles. The van der Waals surface area contributed by atoms with Crippen LogP contribution in [0.5, 0.6) is 0 Å². The van der Waals surface area contributed by atoms with Crippen LogP contribution in [0.1, 0.15) is 93.4 Å². The second-order valence-electron chi connectivity index (χ2n) is 13.7. The third-order valence-electron chi connectivity index (χ3n) is 10.1. The van der Waals surface area contributed by atoms with E-state index in [1.807, 2.05) is 13.8 Å². The number of hydrogen-bond acceptors (Lipinski definition) is 4. The van der Waals surface area contributed by atoms with Gasteiger partial charge in [-0.3, -0.25) is 4.79 Å². The summed E-state index contributed by atoms with van der Waals surface area (Å²) in [5.74, 6) is 0.718. The number of halogens is 1. The van der Waals surface area contributed by atoms with Gasteiger partial charge < -0.3 is 9.16 Å². The summed E-state index contributed by atoms with van der Waals surface area (Å²) in [5, 5.41) is 0.200. The zero-order chi connectivity index (χ0) is 26.3. The molecule has 202 valence electrons. The third kappa shape index (κ3) is 5.66. The lowest BCUT2D eigenvalue weighted by atomic mass is 9.61. The molecule has 0 bridgehead atoms. The van der Waals surface area contributed by atoms with Crippen molar-refractivity contribution in [2.75, 3.05) is 6.61 Å². The molecule has 1 saturated heterocycles. The molecule has 3 rings (SSSR count). The van der Waals surface area contributed by atoms with Gasteiger partial charge in [-0.25, -0.2) is 14.1 Å². The minimum Gasteiger partial charge on any atom is -0.447 e. The van der Waals surface area contributed by atoms with Gasteiger partial charge >= 0.3 is 6.09 Å². The molecule has 7 atom stereocenters. The van der Waals surface area contributed by atoms with E-state index in [0.29, 0.717) is 30.3 Å². The minimum atomic E-state index is -1.84. The zero-order valence-corrected chi connectivity index (χ0v) is 24.7. The Morgan fingerprint density at radius 3 is 2.46 bits per heavy atom. The van der Waals surface area contributed by atoms with E-state index in [1.54, 1.807) is 0 Å². The second kappa shape index (κ2) is 10.4. The molecular weight excluding hydrogens is 461 g/mol. The van der Waals surface area contributed by atoms with E-state index in [2.05, 4.69) is 47.7 Å². The molecule has 5 nitrogen and oxygen atoms in total. The van der Waals surface area contributed by atoms with E-state index < -0.39 is 26.5 Å². The number of nitrogens with zero attached hydrogens (tertiary/aromatic N) is 1. The first-order valence-electron chi connectivity index (χ1n) is 13.9. The van der Waals surface area contributed by atoms with Crippen LogP contribution < -0.4 is 0 Å². The van der Waals surface area contributed by atoms with Crippen molar-refractivity contribution in [1.82, 2.24) is 4.90 Å². The first-order chi connectivity index (χ1) is 16.1. The Hall–Kier alpha value is -0.953. The molecule has 2 amide bonds. The molecule has 2 aliphatic carbocycles. The van der Waals surface area contributed by atoms with Crippen molar-refractivity contribution in [3.63, 3.8) is 0 Å². The van der Waals surface area contributed by atoms with Crippen molar-refractivity contribution in [2.45, 2.75) is 130 Å². The van der Waals surface area contributed by atoms with Gasteiger partial charge in [-0.05, 0) is 85.7 Å². The molecule has 1 heterocycles. The summed E-state index contributed by atoms with van der Waals surface area (Å²) in [6.07, 6.45) is 4.66. The summed E-state index contributed by atoms with van der Waals surface area (Å²) < 4.78 is 27.1. The molecule has 3 fully saturated rings. The van der Waals surface area contributed by atoms with Crippen LogP contribution in [0.3, 0.4) is 0 Å². The van der Waals surface area contributed by atoms with Crippen molar-refractivity contribution in [1.29, 1.82) is 0 Å². The summed E-state index contributed by atoms with van der Waals surface area (Å²) >= 11 is 0. The number of carbonyl (C=O) groups is 2. The van der Waals surface area contributed by atoms with Gasteiger partial charge in [0, 0.05) is 6.10 Å². The molecule has 35 heavy (non-hydrogen) atoms. The lowest BCUT2D eigenvalue weighted by Crippen LogP contribution is -2.50. The van der Waals surface area contributed by atoms with Gasteiger partial charge in [0.2, 0.25) is 0 Å². The topological polar surface area (TPSA) is 55.8 Å². The molecule has 1 aliphatic heterocycles. The van der Waals surface area contributed by atoms with Gasteiger partial charge in [-0.1, -0.05) is 54.9 Å². The standard InChI is InChI=1S/C28H50FNO4Si/c1-18(2)23-17-33-26(32)30(23)25(31)22(29)15-12-19(3)20-13-14-21-24(11-10-16-28(20,21)7)34-35(8,9)27(4,5)6/h18-24H,10-17H2,1-9H3/t19-,20-,21+,22+,23-,24+,28-/m1/s1. The Kier molecular flexibility index (Phi) is 8.53. The van der Waals surface area contributed by atoms with Crippen molar-refractivity contribution in [2.24, 2.45) is 29.1 Å². The fraction of sp³-hybridized carbons (Fsp3) is 0.929. The largest absolute Gasteiger partial charge is 0.447 e. The van der Waals surface area contributed by atoms with Gasteiger partial charge in [0.1, 0.15) is 6.61 Å². The highest BCUT2D eigenvalue weighted by Gasteiger charge is 2.54. The number of hydrogen-bond donors (Lipinski definition) is 0. The summed E-state index contributed by atoms with van der Waals surface area (Å²) in [7, 11) is -1.84. The fourth-order valence-electron chi connectivity index (χ4n) is 6.86. The molecule has 0 aromatic heterocycles. The smallest absolute Gasteiger partial charge is 0.417 e. The van der Waals surface area contributed by atoms with Crippen molar-refractivity contribution >= 4 is 20.3 Å². The molecule has 0 radical (unpaired) electrons. The van der Waals surface area contributed by atoms with Crippen LogP contribution in [0.15, 0.2) is 0 Å². The molecule has 7 heteroatoms. The third-order valence-corrected chi connectivity index (χ3v) is 14.6. The highest BCUT2D eigenvalue weighted by Crippen LogP contribution is 2.59. The Balaban J connectivity index is 1.62. The number of amides is 2. The van der Waals surface area contributed by atoms with E-state index in [0.717, 1.165) is 17.7 Å². The lowest BCUT2D eigenvalue weighted by molar-refractivity contribution is -0.135. The first kappa shape index (κ1) is 28.6. The minimum absolute atomic E-state index is 0.0414. The van der Waals surface area contributed by atoms with Gasteiger partial charge in [0.05, 0.1) is 6.04 Å². The second-order valence-corrected chi connectivity index (χ2v) is 18.5. The summed E-state index contributed by atoms with van der Waals surface area (Å²) in [6, 6.07) is -0.375. The predicted molar refractivity (Wildman–Crippen MR) is 140 cm³/mol. The average Bonchev–Trinajstić information content (AvgIpc) is 3.30. The number of alkyl halides is 1. The van der Waals surface area contributed by atoms with Crippen LogP contribution in [-0.2, 0) is 14.0 Å². The Labute approximate surface area is 214 Å². The van der Waals surface area contributed by atoms with Crippen LogP contribution in [0, 0.1) is 29.1 Å². The van der Waals surface area contributed by atoms with Crippen LogP contribution in [-0.4, -0.2) is 50.1 Å². The maximum Gasteiger partial charge on any atom is 0.417 e. The number of cyclic esters (lactones) is 1. The number of ether oxygens (including phenoxy) is 1. The Morgan fingerprint density at radius 2 is 1.86 bits per heavy atom. The first-order valence-corrected chi connectivity index (χ1v) is 16.8. The number of carbonyl (C=O) groups excluding carboxylic acids is 2. The molecule has 0 N–H and O–H groups in total. The SMILES string of the molecule is CC(C)[C@H]1COC(=O)N1C(=O)[C@@H](F)CC[C@@H](C)[C@H]1CC[C@H]2[C@@H](O[Si](C)(C)C(C)(C)C)CCC[C@]12C. The quantitative estimate of drug-likeness (QED) is 0.320. The van der Waals surface area contributed by atoms with Gasteiger partial charge in [0.25, 0.3) is 5.91 Å². The highest BCUT2D eigenvalue weighted by atomic mass is 28.4. The molecular formula is C28H50FNO4Si. The van der Waals surface area contributed by atoms with E-state index >= 15 is 4.39 Å².